The molecule has 1 amide bonds. The van der Waals surface area contributed by atoms with Crippen LogP contribution in [0, 0.1) is 5.92 Å². The minimum Gasteiger partial charge on any atom is -0.444 e. The van der Waals surface area contributed by atoms with Crippen molar-refractivity contribution in [1.29, 1.82) is 0 Å². The van der Waals surface area contributed by atoms with Crippen LogP contribution in [-0.2, 0) is 11.3 Å². The Hall–Kier alpha value is -2.52. The summed E-state index contributed by atoms with van der Waals surface area (Å²) in [6.07, 6.45) is 2.15. The smallest absolute Gasteiger partial charge is 0.410 e. The van der Waals surface area contributed by atoms with Gasteiger partial charge in [-0.25, -0.2) is 28.2 Å². The SMILES string of the molecule is CN(CC1CCCN(C(=O)OC(C)(C)C)C1)c1cnc2cnn(CC(F)F)c2n1. The molecule has 0 N–H and O–H groups in total. The van der Waals surface area contributed by atoms with Gasteiger partial charge in [-0.3, -0.25) is 0 Å². The predicted molar refractivity (Wildman–Crippen MR) is 105 cm³/mol. The molecule has 2 aromatic rings. The summed E-state index contributed by atoms with van der Waals surface area (Å²) >= 11 is 0. The highest BCUT2D eigenvalue weighted by atomic mass is 19.3. The van der Waals surface area contributed by atoms with E-state index in [9.17, 15) is 13.6 Å². The number of carbonyl (C=O) groups is 1. The number of piperidine rings is 1. The minimum absolute atomic E-state index is 0.254. The molecule has 0 radical (unpaired) electrons. The number of hydrogen-bond donors (Lipinski definition) is 0. The Morgan fingerprint density at radius 2 is 2.14 bits per heavy atom. The molecular weight excluding hydrogens is 382 g/mol. The quantitative estimate of drug-likeness (QED) is 0.754. The zero-order valence-electron chi connectivity index (χ0n) is 17.3. The summed E-state index contributed by atoms with van der Waals surface area (Å²) in [5, 5.41) is 3.95. The third-order valence-corrected chi connectivity index (χ3v) is 4.74. The molecule has 0 aromatic carbocycles. The summed E-state index contributed by atoms with van der Waals surface area (Å²) in [7, 11) is 1.89. The van der Waals surface area contributed by atoms with Gasteiger partial charge in [0, 0.05) is 26.7 Å². The summed E-state index contributed by atoms with van der Waals surface area (Å²) in [5.74, 6) is 0.840. The monoisotopic (exact) mass is 410 g/mol. The van der Waals surface area contributed by atoms with E-state index in [1.165, 1.54) is 10.9 Å². The molecule has 1 aliphatic heterocycles. The molecular formula is C19H28F2N6O2. The number of anilines is 1. The fraction of sp³-hybridized carbons (Fsp3) is 0.684. The van der Waals surface area contributed by atoms with E-state index < -0.39 is 18.6 Å². The summed E-state index contributed by atoms with van der Waals surface area (Å²) in [6, 6.07) is 0. The average Bonchev–Trinajstić information content (AvgIpc) is 3.02. The first-order valence-corrected chi connectivity index (χ1v) is 9.78. The van der Waals surface area contributed by atoms with Crippen molar-refractivity contribution in [2.45, 2.75) is 52.2 Å². The zero-order chi connectivity index (χ0) is 21.2. The maximum atomic E-state index is 12.7. The van der Waals surface area contributed by atoms with E-state index in [-0.39, 0.29) is 12.0 Å². The number of rotatable bonds is 5. The molecule has 1 saturated heterocycles. The second-order valence-electron chi connectivity index (χ2n) is 8.47. The molecule has 3 heterocycles. The van der Waals surface area contributed by atoms with Gasteiger partial charge in [-0.2, -0.15) is 5.10 Å². The number of nitrogens with zero attached hydrogens (tertiary/aromatic N) is 6. The first kappa shape index (κ1) is 21.2. The first-order valence-electron chi connectivity index (χ1n) is 9.78. The van der Waals surface area contributed by atoms with Crippen LogP contribution in [0.1, 0.15) is 33.6 Å². The number of carbonyl (C=O) groups excluding carboxylic acids is 1. The van der Waals surface area contributed by atoms with E-state index >= 15 is 0 Å². The van der Waals surface area contributed by atoms with Crippen molar-refractivity contribution in [2.75, 3.05) is 31.6 Å². The average molecular weight is 410 g/mol. The first-order chi connectivity index (χ1) is 13.6. The summed E-state index contributed by atoms with van der Waals surface area (Å²) in [5.41, 5.74) is 0.303. The largest absolute Gasteiger partial charge is 0.444 e. The van der Waals surface area contributed by atoms with Gasteiger partial charge in [-0.15, -0.1) is 0 Å². The van der Waals surface area contributed by atoms with Crippen LogP contribution in [0.15, 0.2) is 12.4 Å². The fourth-order valence-electron chi connectivity index (χ4n) is 3.48. The maximum absolute atomic E-state index is 12.7. The number of hydrogen-bond acceptors (Lipinski definition) is 6. The van der Waals surface area contributed by atoms with Gasteiger partial charge in [0.2, 0.25) is 0 Å². The lowest BCUT2D eigenvalue weighted by molar-refractivity contribution is 0.0170. The van der Waals surface area contributed by atoms with Crippen molar-refractivity contribution >= 4 is 23.1 Å². The normalized spacial score (nSPS) is 17.8. The molecule has 1 atom stereocenters. The molecule has 1 aliphatic rings. The van der Waals surface area contributed by atoms with Crippen molar-refractivity contribution in [3.63, 3.8) is 0 Å². The maximum Gasteiger partial charge on any atom is 0.410 e. The van der Waals surface area contributed by atoms with Crippen LogP contribution >= 0.6 is 0 Å². The lowest BCUT2D eigenvalue weighted by atomic mass is 9.98. The Morgan fingerprint density at radius 3 is 2.83 bits per heavy atom. The molecule has 0 saturated carbocycles. The molecule has 160 valence electrons. The Labute approximate surface area is 168 Å². The van der Waals surface area contributed by atoms with E-state index in [2.05, 4.69) is 15.1 Å². The lowest BCUT2D eigenvalue weighted by Gasteiger charge is -2.35. The number of ether oxygens (including phenoxy) is 1. The van der Waals surface area contributed by atoms with E-state index in [0.29, 0.717) is 36.6 Å². The molecule has 0 aliphatic carbocycles. The number of halogens is 2. The van der Waals surface area contributed by atoms with Crippen LogP contribution in [0.5, 0.6) is 0 Å². The fourth-order valence-corrected chi connectivity index (χ4v) is 3.48. The van der Waals surface area contributed by atoms with Gasteiger partial charge in [0.05, 0.1) is 12.4 Å². The van der Waals surface area contributed by atoms with Gasteiger partial charge < -0.3 is 14.5 Å². The van der Waals surface area contributed by atoms with Gasteiger partial charge in [0.1, 0.15) is 23.5 Å². The van der Waals surface area contributed by atoms with Crippen LogP contribution < -0.4 is 4.90 Å². The number of amides is 1. The van der Waals surface area contributed by atoms with Crippen molar-refractivity contribution < 1.29 is 18.3 Å². The number of fused-ring (bicyclic) bond motifs is 1. The Bertz CT molecular complexity index is 851. The van der Waals surface area contributed by atoms with Gasteiger partial charge in [0.15, 0.2) is 5.65 Å². The third-order valence-electron chi connectivity index (χ3n) is 4.74. The minimum atomic E-state index is -2.51. The molecule has 0 bridgehead atoms. The molecule has 10 heteroatoms. The predicted octanol–water partition coefficient (Wildman–Crippen LogP) is 3.17. The van der Waals surface area contributed by atoms with Crippen LogP contribution in [0.2, 0.25) is 0 Å². The van der Waals surface area contributed by atoms with Gasteiger partial charge in [-0.05, 0) is 39.5 Å². The molecule has 1 unspecified atom stereocenters. The van der Waals surface area contributed by atoms with Crippen LogP contribution in [0.4, 0.5) is 19.4 Å². The molecule has 29 heavy (non-hydrogen) atoms. The second-order valence-corrected chi connectivity index (χ2v) is 8.47. The number of aromatic nitrogens is 4. The third kappa shape index (κ3) is 5.51. The highest BCUT2D eigenvalue weighted by molar-refractivity contribution is 5.71. The van der Waals surface area contributed by atoms with Gasteiger partial charge in [0.25, 0.3) is 6.43 Å². The molecule has 3 rings (SSSR count). The molecule has 1 fully saturated rings. The van der Waals surface area contributed by atoms with Crippen molar-refractivity contribution in [1.82, 2.24) is 24.6 Å². The van der Waals surface area contributed by atoms with E-state index in [0.717, 1.165) is 12.8 Å². The van der Waals surface area contributed by atoms with Gasteiger partial charge >= 0.3 is 6.09 Å². The Morgan fingerprint density at radius 1 is 1.38 bits per heavy atom. The van der Waals surface area contributed by atoms with E-state index in [1.54, 1.807) is 11.1 Å². The van der Waals surface area contributed by atoms with E-state index in [1.807, 2.05) is 32.7 Å². The Balaban J connectivity index is 1.66. The number of likely N-dealkylation sites (tertiary alicyclic amines) is 1. The van der Waals surface area contributed by atoms with Gasteiger partial charge in [-0.1, -0.05) is 0 Å². The van der Waals surface area contributed by atoms with E-state index in [4.69, 9.17) is 4.74 Å². The highest BCUT2D eigenvalue weighted by Crippen LogP contribution is 2.22. The molecule has 0 spiro atoms. The van der Waals surface area contributed by atoms with Crippen molar-refractivity contribution in [3.8, 4) is 0 Å². The summed E-state index contributed by atoms with van der Waals surface area (Å²) in [6.45, 7) is 7.02. The standard InChI is InChI=1S/C19H28F2N6O2/c1-19(2,3)29-18(28)26-7-5-6-13(11-26)10-25(4)16-9-22-14-8-23-27(12-15(20)21)17(14)24-16/h8-9,13,15H,5-7,10-12H2,1-4H3. The second kappa shape index (κ2) is 8.46. The summed E-state index contributed by atoms with van der Waals surface area (Å²) < 4.78 is 32.1. The van der Waals surface area contributed by atoms with Crippen LogP contribution in [-0.4, -0.2) is 69.5 Å². The zero-order valence-corrected chi connectivity index (χ0v) is 17.3. The molecule has 8 nitrogen and oxygen atoms in total. The summed E-state index contributed by atoms with van der Waals surface area (Å²) in [4.78, 5) is 24.8. The number of alkyl halides is 2. The van der Waals surface area contributed by atoms with Crippen LogP contribution in [0.25, 0.3) is 11.2 Å². The highest BCUT2D eigenvalue weighted by Gasteiger charge is 2.28. The lowest BCUT2D eigenvalue weighted by Crippen LogP contribution is -2.45. The molecule has 2 aromatic heterocycles. The Kier molecular flexibility index (Phi) is 6.18. The van der Waals surface area contributed by atoms with Crippen molar-refractivity contribution in [3.05, 3.63) is 12.4 Å². The van der Waals surface area contributed by atoms with Crippen molar-refractivity contribution in [2.24, 2.45) is 5.92 Å². The van der Waals surface area contributed by atoms with Crippen LogP contribution in [0.3, 0.4) is 0 Å². The topological polar surface area (TPSA) is 76.4 Å².